The Morgan fingerprint density at radius 1 is 1.00 bits per heavy atom. The molecule has 0 N–H and O–H groups in total. The second-order valence-electron chi connectivity index (χ2n) is 8.27. The molecule has 0 bridgehead atoms. The lowest BCUT2D eigenvalue weighted by Gasteiger charge is -2.43. The van der Waals surface area contributed by atoms with Crippen molar-refractivity contribution in [2.24, 2.45) is 0 Å². The fraction of sp³-hybridized carbons (Fsp3) is 0.409. The average Bonchev–Trinajstić information content (AvgIpc) is 2.78. The molecule has 0 aromatic heterocycles. The van der Waals surface area contributed by atoms with E-state index in [1.165, 1.54) is 0 Å². The van der Waals surface area contributed by atoms with Crippen molar-refractivity contribution in [1.82, 2.24) is 4.90 Å². The Morgan fingerprint density at radius 2 is 1.59 bits per heavy atom. The lowest BCUT2D eigenvalue weighted by molar-refractivity contribution is -0.143. The fourth-order valence-corrected chi connectivity index (χ4v) is 4.21. The van der Waals surface area contributed by atoms with Gasteiger partial charge in [0.25, 0.3) is 16.0 Å². The summed E-state index contributed by atoms with van der Waals surface area (Å²) in [7, 11) is -3.94. The average molecular weight is 561 g/mol. The molecule has 1 heterocycles. The summed E-state index contributed by atoms with van der Waals surface area (Å²) in [6.45, 7) is -1.66. The molecular formula is C22H19F8NO5S. The third-order valence-electron chi connectivity index (χ3n) is 5.56. The summed E-state index contributed by atoms with van der Waals surface area (Å²) in [5, 5.41) is 0. The molecule has 0 saturated carbocycles. The fourth-order valence-electron chi connectivity index (χ4n) is 3.83. The van der Waals surface area contributed by atoms with Gasteiger partial charge in [-0.2, -0.15) is 34.8 Å². The van der Waals surface area contributed by atoms with E-state index in [0.717, 1.165) is 29.4 Å². The molecule has 1 amide bonds. The molecule has 1 aliphatic heterocycles. The molecule has 0 aliphatic carbocycles. The van der Waals surface area contributed by atoms with Crippen LogP contribution in [0.4, 0.5) is 35.1 Å². The van der Waals surface area contributed by atoms with Gasteiger partial charge < -0.3 is 9.64 Å². The Labute approximate surface area is 205 Å². The lowest BCUT2D eigenvalue weighted by Crippen LogP contribution is -2.52. The van der Waals surface area contributed by atoms with Crippen molar-refractivity contribution in [3.63, 3.8) is 0 Å². The second kappa shape index (κ2) is 10.2. The summed E-state index contributed by atoms with van der Waals surface area (Å²) >= 11 is 0. The zero-order valence-electron chi connectivity index (χ0n) is 18.9. The van der Waals surface area contributed by atoms with E-state index in [-0.39, 0.29) is 43.3 Å². The number of alkyl halides is 6. The van der Waals surface area contributed by atoms with Gasteiger partial charge in [0.05, 0.1) is 37.1 Å². The summed E-state index contributed by atoms with van der Waals surface area (Å²) in [5.41, 5.74) is -6.06. The number of hydrogen-bond donors (Lipinski definition) is 0. The standard InChI is InChI=1S/C22H19F8NO5S/c1-37(33,34)36-6-4-20(14-2-3-17(23)18(24)11-14)12-31(5-7-35-20)19(32)13-8-15(21(25,26)27)10-16(9-13)22(28,29)30/h2-3,8-11H,4-7,12H2,1H3. The number of morpholine rings is 1. The van der Waals surface area contributed by atoms with Gasteiger partial charge >= 0.3 is 12.4 Å². The highest BCUT2D eigenvalue weighted by Gasteiger charge is 2.42. The number of ether oxygens (including phenoxy) is 1. The second-order valence-corrected chi connectivity index (χ2v) is 9.91. The number of benzene rings is 2. The van der Waals surface area contributed by atoms with Crippen molar-refractivity contribution in [3.05, 3.63) is 70.3 Å². The Kier molecular flexibility index (Phi) is 7.92. The summed E-state index contributed by atoms with van der Waals surface area (Å²) in [5.74, 6) is -3.74. The normalized spacial score (nSPS) is 19.2. The summed E-state index contributed by atoms with van der Waals surface area (Å²) in [4.78, 5) is 14.0. The highest BCUT2D eigenvalue weighted by Crippen LogP contribution is 2.38. The van der Waals surface area contributed by atoms with Crippen LogP contribution >= 0.6 is 0 Å². The van der Waals surface area contributed by atoms with E-state index in [0.29, 0.717) is 0 Å². The van der Waals surface area contributed by atoms with Crippen LogP contribution in [0.2, 0.25) is 0 Å². The van der Waals surface area contributed by atoms with Crippen LogP contribution in [-0.2, 0) is 37.0 Å². The van der Waals surface area contributed by atoms with Gasteiger partial charge in [-0.15, -0.1) is 0 Å². The third kappa shape index (κ3) is 6.96. The molecule has 2 aromatic carbocycles. The summed E-state index contributed by atoms with van der Waals surface area (Å²) < 4.78 is 140. The highest BCUT2D eigenvalue weighted by atomic mass is 32.2. The first-order valence-corrected chi connectivity index (χ1v) is 12.3. The van der Waals surface area contributed by atoms with Gasteiger partial charge in [0, 0.05) is 18.5 Å². The number of carbonyl (C=O) groups is 1. The smallest absolute Gasteiger partial charge is 0.366 e. The van der Waals surface area contributed by atoms with Gasteiger partial charge in [0.2, 0.25) is 0 Å². The Morgan fingerprint density at radius 3 is 2.11 bits per heavy atom. The van der Waals surface area contributed by atoms with Crippen molar-refractivity contribution >= 4 is 16.0 Å². The minimum absolute atomic E-state index is 0.0546. The molecule has 0 radical (unpaired) electrons. The molecular weight excluding hydrogens is 542 g/mol. The quantitative estimate of drug-likeness (QED) is 0.377. The molecule has 1 atom stereocenters. The van der Waals surface area contributed by atoms with Gasteiger partial charge in [0.15, 0.2) is 11.6 Å². The van der Waals surface area contributed by atoms with Crippen LogP contribution in [-0.4, -0.2) is 51.8 Å². The van der Waals surface area contributed by atoms with E-state index in [1.54, 1.807) is 0 Å². The lowest BCUT2D eigenvalue weighted by atomic mass is 9.88. The van der Waals surface area contributed by atoms with E-state index in [1.807, 2.05) is 0 Å². The molecule has 1 saturated heterocycles. The van der Waals surface area contributed by atoms with Crippen molar-refractivity contribution in [1.29, 1.82) is 0 Å². The van der Waals surface area contributed by atoms with Crippen molar-refractivity contribution in [3.8, 4) is 0 Å². The van der Waals surface area contributed by atoms with Gasteiger partial charge in [-0.25, -0.2) is 8.78 Å². The predicted molar refractivity (Wildman–Crippen MR) is 112 cm³/mol. The molecule has 37 heavy (non-hydrogen) atoms. The predicted octanol–water partition coefficient (Wildman–Crippen LogP) is 4.74. The van der Waals surface area contributed by atoms with Crippen molar-refractivity contribution in [2.45, 2.75) is 24.4 Å². The maximum absolute atomic E-state index is 14.0. The number of nitrogens with zero attached hydrogens (tertiary/aromatic N) is 1. The molecule has 204 valence electrons. The molecule has 0 spiro atoms. The minimum Gasteiger partial charge on any atom is -0.366 e. The minimum atomic E-state index is -5.18. The van der Waals surface area contributed by atoms with E-state index in [9.17, 15) is 48.3 Å². The molecule has 15 heteroatoms. The molecule has 6 nitrogen and oxygen atoms in total. The van der Waals surface area contributed by atoms with E-state index < -0.39 is 75.5 Å². The van der Waals surface area contributed by atoms with Crippen LogP contribution < -0.4 is 0 Å². The first-order valence-electron chi connectivity index (χ1n) is 10.4. The van der Waals surface area contributed by atoms with Gasteiger partial charge in [-0.3, -0.25) is 8.98 Å². The largest absolute Gasteiger partial charge is 0.416 e. The van der Waals surface area contributed by atoms with Crippen molar-refractivity contribution in [2.75, 3.05) is 32.6 Å². The van der Waals surface area contributed by atoms with Crippen LogP contribution in [0.5, 0.6) is 0 Å². The highest BCUT2D eigenvalue weighted by molar-refractivity contribution is 7.85. The van der Waals surface area contributed by atoms with Crippen LogP contribution in [0.25, 0.3) is 0 Å². The van der Waals surface area contributed by atoms with Crippen LogP contribution in [0.15, 0.2) is 36.4 Å². The van der Waals surface area contributed by atoms with Gasteiger partial charge in [-0.1, -0.05) is 6.07 Å². The van der Waals surface area contributed by atoms with Gasteiger partial charge in [-0.05, 0) is 35.9 Å². The van der Waals surface area contributed by atoms with Crippen LogP contribution in [0, 0.1) is 11.6 Å². The van der Waals surface area contributed by atoms with Crippen molar-refractivity contribution < 1.29 is 57.3 Å². The maximum Gasteiger partial charge on any atom is 0.416 e. The van der Waals surface area contributed by atoms with E-state index >= 15 is 0 Å². The maximum atomic E-state index is 14.0. The number of amides is 1. The zero-order chi connectivity index (χ0) is 27.8. The number of halogens is 8. The molecule has 1 fully saturated rings. The molecule has 1 aliphatic rings. The SMILES string of the molecule is CS(=O)(=O)OCCC1(c2ccc(F)c(F)c2)CN(C(=O)c2cc(C(F)(F)F)cc(C(F)(F)F)c2)CCO1. The molecule has 3 rings (SSSR count). The van der Waals surface area contributed by atoms with E-state index in [2.05, 4.69) is 0 Å². The first kappa shape index (κ1) is 28.8. The monoisotopic (exact) mass is 561 g/mol. The Balaban J connectivity index is 2.01. The van der Waals surface area contributed by atoms with Gasteiger partial charge in [0.1, 0.15) is 5.60 Å². The molecule has 1 unspecified atom stereocenters. The molecule has 2 aromatic rings. The van der Waals surface area contributed by atoms with Crippen LogP contribution in [0.1, 0.15) is 33.5 Å². The zero-order valence-corrected chi connectivity index (χ0v) is 19.7. The number of hydrogen-bond acceptors (Lipinski definition) is 5. The van der Waals surface area contributed by atoms with Crippen LogP contribution in [0.3, 0.4) is 0 Å². The first-order chi connectivity index (χ1) is 16.9. The number of rotatable bonds is 6. The Hall–Kier alpha value is -2.78. The van der Waals surface area contributed by atoms with E-state index in [4.69, 9.17) is 8.92 Å². The Bertz CT molecular complexity index is 1250. The summed E-state index contributed by atoms with van der Waals surface area (Å²) in [6, 6.07) is 3.01. The summed E-state index contributed by atoms with van der Waals surface area (Å²) in [6.07, 6.45) is -9.95. The third-order valence-corrected chi connectivity index (χ3v) is 6.15. The topological polar surface area (TPSA) is 72.9 Å². The number of carbonyl (C=O) groups excluding carboxylic acids is 1.